The summed E-state index contributed by atoms with van der Waals surface area (Å²) in [5.74, 6) is -0.119. The zero-order chi connectivity index (χ0) is 13.0. The predicted molar refractivity (Wildman–Crippen MR) is 72.5 cm³/mol. The molecule has 1 N–H and O–H groups in total. The van der Waals surface area contributed by atoms with Crippen molar-refractivity contribution in [3.8, 4) is 0 Å². The Morgan fingerprint density at radius 2 is 2.11 bits per heavy atom. The molecule has 0 bridgehead atoms. The van der Waals surface area contributed by atoms with Crippen molar-refractivity contribution >= 4 is 5.78 Å². The second-order valence-corrected chi connectivity index (χ2v) is 5.09. The van der Waals surface area contributed by atoms with E-state index in [-0.39, 0.29) is 11.7 Å². The number of ketones is 1. The zero-order valence-corrected chi connectivity index (χ0v) is 10.6. The Labute approximate surface area is 108 Å². The lowest BCUT2D eigenvalue weighted by molar-refractivity contribution is -0.0246. The maximum atomic E-state index is 12.5. The fraction of sp³-hybridized carbons (Fsp3) is 0.438. The van der Waals surface area contributed by atoms with E-state index in [0.29, 0.717) is 18.4 Å². The molecule has 2 atom stereocenters. The number of Topliss-reactive ketones (excluding diaryl/α,β-unsaturated/α-hetero) is 1. The average Bonchev–Trinajstić information content (AvgIpc) is 2.42. The van der Waals surface area contributed by atoms with Crippen molar-refractivity contribution in [2.24, 2.45) is 5.92 Å². The number of carbonyl (C=O) groups is 1. The second-order valence-electron chi connectivity index (χ2n) is 5.09. The smallest absolute Gasteiger partial charge is 0.194 e. The van der Waals surface area contributed by atoms with Gasteiger partial charge in [0.1, 0.15) is 5.60 Å². The molecule has 1 aliphatic carbocycles. The third-order valence-corrected chi connectivity index (χ3v) is 3.92. The lowest BCUT2D eigenvalue weighted by Gasteiger charge is -2.38. The molecule has 0 aliphatic heterocycles. The molecule has 0 amide bonds. The molecule has 0 heterocycles. The molecule has 96 valence electrons. The van der Waals surface area contributed by atoms with Crippen LogP contribution in [0.15, 0.2) is 43.0 Å². The van der Waals surface area contributed by atoms with Crippen molar-refractivity contribution < 1.29 is 9.90 Å². The highest BCUT2D eigenvalue weighted by molar-refractivity contribution is 6.02. The van der Waals surface area contributed by atoms with Crippen LogP contribution in [0.2, 0.25) is 0 Å². The number of aliphatic hydroxyl groups is 1. The monoisotopic (exact) mass is 244 g/mol. The molecule has 1 aromatic carbocycles. The molecule has 1 aromatic rings. The molecule has 1 saturated carbocycles. The Morgan fingerprint density at radius 3 is 2.78 bits per heavy atom. The quantitative estimate of drug-likeness (QED) is 0.651. The van der Waals surface area contributed by atoms with E-state index in [1.165, 1.54) is 0 Å². The van der Waals surface area contributed by atoms with Gasteiger partial charge in [-0.05, 0) is 25.2 Å². The van der Waals surface area contributed by atoms with Crippen LogP contribution in [-0.2, 0) is 0 Å². The predicted octanol–water partition coefficient (Wildman–Crippen LogP) is 3.37. The second kappa shape index (κ2) is 5.49. The van der Waals surface area contributed by atoms with Gasteiger partial charge in [-0.25, -0.2) is 0 Å². The van der Waals surface area contributed by atoms with E-state index in [0.717, 1.165) is 19.3 Å². The van der Waals surface area contributed by atoms with Gasteiger partial charge in [0, 0.05) is 5.56 Å². The van der Waals surface area contributed by atoms with Crippen LogP contribution in [0.5, 0.6) is 0 Å². The van der Waals surface area contributed by atoms with E-state index < -0.39 is 5.60 Å². The van der Waals surface area contributed by atoms with E-state index in [1.807, 2.05) is 18.2 Å². The van der Waals surface area contributed by atoms with E-state index >= 15 is 0 Å². The average molecular weight is 244 g/mol. The van der Waals surface area contributed by atoms with Crippen LogP contribution in [0.3, 0.4) is 0 Å². The molecule has 0 saturated heterocycles. The maximum Gasteiger partial charge on any atom is 0.194 e. The number of rotatable bonds is 4. The van der Waals surface area contributed by atoms with Crippen LogP contribution in [0.1, 0.15) is 42.5 Å². The van der Waals surface area contributed by atoms with Crippen molar-refractivity contribution in [3.63, 3.8) is 0 Å². The lowest BCUT2D eigenvalue weighted by Crippen LogP contribution is -2.47. The summed E-state index contributed by atoms with van der Waals surface area (Å²) < 4.78 is 0. The SMILES string of the molecule is C=CCC1CCCCC1(O)C(=O)c1ccccc1. The van der Waals surface area contributed by atoms with E-state index in [9.17, 15) is 9.90 Å². The summed E-state index contributed by atoms with van der Waals surface area (Å²) in [5, 5.41) is 10.8. The first-order valence-corrected chi connectivity index (χ1v) is 6.61. The van der Waals surface area contributed by atoms with E-state index in [2.05, 4.69) is 6.58 Å². The highest BCUT2D eigenvalue weighted by atomic mass is 16.3. The van der Waals surface area contributed by atoms with Gasteiger partial charge in [-0.1, -0.05) is 49.2 Å². The Hall–Kier alpha value is -1.41. The van der Waals surface area contributed by atoms with Gasteiger partial charge < -0.3 is 5.11 Å². The van der Waals surface area contributed by atoms with Gasteiger partial charge in [0.2, 0.25) is 0 Å². The minimum Gasteiger partial charge on any atom is -0.381 e. The van der Waals surface area contributed by atoms with Gasteiger partial charge in [0.15, 0.2) is 5.78 Å². The molecule has 1 aliphatic rings. The molecule has 0 spiro atoms. The zero-order valence-electron chi connectivity index (χ0n) is 10.6. The van der Waals surface area contributed by atoms with Gasteiger partial charge in [0.05, 0.1) is 0 Å². The summed E-state index contributed by atoms with van der Waals surface area (Å²) >= 11 is 0. The van der Waals surface area contributed by atoms with Crippen LogP contribution in [0, 0.1) is 5.92 Å². The third-order valence-electron chi connectivity index (χ3n) is 3.92. The summed E-state index contributed by atoms with van der Waals surface area (Å²) in [6.07, 6.45) is 5.99. The van der Waals surface area contributed by atoms with E-state index in [1.54, 1.807) is 18.2 Å². The number of carbonyl (C=O) groups excluding carboxylic acids is 1. The molecule has 0 aromatic heterocycles. The van der Waals surface area contributed by atoms with Gasteiger partial charge >= 0.3 is 0 Å². The first kappa shape index (κ1) is 13.0. The van der Waals surface area contributed by atoms with Crippen LogP contribution < -0.4 is 0 Å². The number of allylic oxidation sites excluding steroid dienone is 1. The fourth-order valence-corrected chi connectivity index (χ4v) is 2.88. The topological polar surface area (TPSA) is 37.3 Å². The normalized spacial score (nSPS) is 27.7. The first-order chi connectivity index (χ1) is 8.68. The summed E-state index contributed by atoms with van der Waals surface area (Å²) in [7, 11) is 0. The summed E-state index contributed by atoms with van der Waals surface area (Å²) in [6.45, 7) is 3.73. The molecule has 0 radical (unpaired) electrons. The minimum atomic E-state index is -1.20. The molecule has 2 unspecified atom stereocenters. The Balaban J connectivity index is 2.27. The molecule has 1 fully saturated rings. The minimum absolute atomic E-state index is 0.0106. The van der Waals surface area contributed by atoms with Crippen molar-refractivity contribution in [2.75, 3.05) is 0 Å². The number of hydrogen-bond donors (Lipinski definition) is 1. The van der Waals surface area contributed by atoms with Gasteiger partial charge in [0.25, 0.3) is 0 Å². The highest BCUT2D eigenvalue weighted by Gasteiger charge is 2.44. The summed E-state index contributed by atoms with van der Waals surface area (Å²) in [6, 6.07) is 9.10. The van der Waals surface area contributed by atoms with Crippen molar-refractivity contribution in [3.05, 3.63) is 48.6 Å². The standard InChI is InChI=1S/C16H20O2/c1-2-8-14-11-6-7-12-16(14,18)15(17)13-9-4-3-5-10-13/h2-5,9-10,14,18H,1,6-8,11-12H2. The fourth-order valence-electron chi connectivity index (χ4n) is 2.88. The van der Waals surface area contributed by atoms with Crippen molar-refractivity contribution in [1.29, 1.82) is 0 Å². The number of hydrogen-bond acceptors (Lipinski definition) is 2. The Morgan fingerprint density at radius 1 is 1.39 bits per heavy atom. The first-order valence-electron chi connectivity index (χ1n) is 6.61. The Kier molecular flexibility index (Phi) is 3.97. The third kappa shape index (κ3) is 2.39. The van der Waals surface area contributed by atoms with Crippen LogP contribution in [0.25, 0.3) is 0 Å². The van der Waals surface area contributed by atoms with Gasteiger partial charge in [-0.15, -0.1) is 6.58 Å². The molecular weight excluding hydrogens is 224 g/mol. The van der Waals surface area contributed by atoms with Crippen LogP contribution in [-0.4, -0.2) is 16.5 Å². The highest BCUT2D eigenvalue weighted by Crippen LogP contribution is 2.38. The summed E-state index contributed by atoms with van der Waals surface area (Å²) in [5.41, 5.74) is -0.593. The molecule has 2 heteroatoms. The van der Waals surface area contributed by atoms with Crippen LogP contribution in [0.4, 0.5) is 0 Å². The molecular formula is C16H20O2. The maximum absolute atomic E-state index is 12.5. The Bertz CT molecular complexity index is 424. The van der Waals surface area contributed by atoms with E-state index in [4.69, 9.17) is 0 Å². The largest absolute Gasteiger partial charge is 0.381 e. The lowest BCUT2D eigenvalue weighted by atomic mass is 9.70. The molecule has 18 heavy (non-hydrogen) atoms. The van der Waals surface area contributed by atoms with Gasteiger partial charge in [-0.3, -0.25) is 4.79 Å². The van der Waals surface area contributed by atoms with Gasteiger partial charge in [-0.2, -0.15) is 0 Å². The van der Waals surface area contributed by atoms with Crippen molar-refractivity contribution in [1.82, 2.24) is 0 Å². The van der Waals surface area contributed by atoms with Crippen LogP contribution >= 0.6 is 0 Å². The number of benzene rings is 1. The summed E-state index contributed by atoms with van der Waals surface area (Å²) in [4.78, 5) is 12.5. The molecule has 2 nitrogen and oxygen atoms in total. The molecule has 2 rings (SSSR count). The van der Waals surface area contributed by atoms with Crippen molar-refractivity contribution in [2.45, 2.75) is 37.7 Å².